The highest BCUT2D eigenvalue weighted by Crippen LogP contribution is 2.14. The molecule has 0 heterocycles. The van der Waals surface area contributed by atoms with Gasteiger partial charge in [0.15, 0.2) is 0 Å². The van der Waals surface area contributed by atoms with Gasteiger partial charge in [-0.15, -0.1) is 0 Å². The minimum absolute atomic E-state index is 0.132. The van der Waals surface area contributed by atoms with Gasteiger partial charge < -0.3 is 10.6 Å². The molecule has 0 aliphatic carbocycles. The van der Waals surface area contributed by atoms with Crippen LogP contribution in [0.4, 0.5) is 0 Å². The zero-order valence-electron chi connectivity index (χ0n) is 24.9. The summed E-state index contributed by atoms with van der Waals surface area (Å²) in [7, 11) is 0. The third-order valence-corrected chi connectivity index (χ3v) is 7.58. The normalized spacial score (nSPS) is 12.9. The van der Waals surface area contributed by atoms with E-state index in [1.165, 1.54) is 103 Å². The van der Waals surface area contributed by atoms with Gasteiger partial charge in [-0.05, 0) is 25.7 Å². The summed E-state index contributed by atoms with van der Waals surface area (Å²) in [6, 6.07) is 0. The molecule has 2 amide bonds. The van der Waals surface area contributed by atoms with Gasteiger partial charge in [0, 0.05) is 24.9 Å². The Morgan fingerprint density at radius 2 is 0.722 bits per heavy atom. The molecule has 0 aromatic rings. The van der Waals surface area contributed by atoms with Crippen molar-refractivity contribution < 1.29 is 9.59 Å². The van der Waals surface area contributed by atoms with E-state index in [-0.39, 0.29) is 23.7 Å². The number of nitrogens with one attached hydrogen (secondary N) is 2. The Bertz CT molecular complexity index is 451. The van der Waals surface area contributed by atoms with E-state index in [2.05, 4.69) is 38.3 Å². The fraction of sp³-hybridized carbons (Fsp3) is 0.938. The third kappa shape index (κ3) is 23.3. The molecule has 36 heavy (non-hydrogen) atoms. The van der Waals surface area contributed by atoms with Gasteiger partial charge in [-0.1, -0.05) is 143 Å². The highest BCUT2D eigenvalue weighted by Gasteiger charge is 2.12. The van der Waals surface area contributed by atoms with Gasteiger partial charge in [-0.2, -0.15) is 0 Å². The van der Waals surface area contributed by atoms with Crippen LogP contribution in [-0.4, -0.2) is 24.9 Å². The fourth-order valence-corrected chi connectivity index (χ4v) is 4.81. The zero-order valence-corrected chi connectivity index (χ0v) is 24.9. The first-order valence-corrected chi connectivity index (χ1v) is 16.1. The summed E-state index contributed by atoms with van der Waals surface area (Å²) in [6.45, 7) is 10.2. The van der Waals surface area contributed by atoms with Crippen LogP contribution < -0.4 is 10.6 Å². The largest absolute Gasteiger partial charge is 0.356 e. The van der Waals surface area contributed by atoms with Crippen LogP contribution in [0, 0.1) is 11.8 Å². The van der Waals surface area contributed by atoms with E-state index < -0.39 is 0 Å². The van der Waals surface area contributed by atoms with Gasteiger partial charge in [0.1, 0.15) is 0 Å². The molecule has 0 fully saturated rings. The molecule has 0 aromatic heterocycles. The Morgan fingerprint density at radius 3 is 1.06 bits per heavy atom. The molecular formula is C32H64N2O2. The molecule has 0 rings (SSSR count). The van der Waals surface area contributed by atoms with Crippen molar-refractivity contribution in [2.45, 2.75) is 169 Å². The van der Waals surface area contributed by atoms with E-state index in [4.69, 9.17) is 0 Å². The molecule has 4 nitrogen and oxygen atoms in total. The van der Waals surface area contributed by atoms with Gasteiger partial charge in [0.05, 0.1) is 0 Å². The Hall–Kier alpha value is -1.06. The molecule has 4 heteroatoms. The van der Waals surface area contributed by atoms with Gasteiger partial charge in [-0.25, -0.2) is 0 Å². The van der Waals surface area contributed by atoms with Crippen LogP contribution in [0.1, 0.15) is 169 Å². The lowest BCUT2D eigenvalue weighted by molar-refractivity contribution is -0.125. The van der Waals surface area contributed by atoms with Crippen molar-refractivity contribution in [1.29, 1.82) is 0 Å². The SMILES string of the molecule is CCCCCCCCCC[C@H](C)C(=O)NCCCCCCNC(=O)[C@@H](C)CCCCCCCCCC. The van der Waals surface area contributed by atoms with Crippen LogP contribution in [0.25, 0.3) is 0 Å². The standard InChI is InChI=1S/C32H64N2O2/c1-5-7-9-11-13-15-17-21-25-29(3)31(35)33-27-23-19-20-24-28-34-32(36)30(4)26-22-18-16-14-12-10-8-6-2/h29-30H,5-28H2,1-4H3,(H,33,35)(H,34,36)/t29-,30-/m0/s1. The molecule has 0 bridgehead atoms. The minimum atomic E-state index is 0.132. The highest BCUT2D eigenvalue weighted by molar-refractivity contribution is 5.78. The maximum Gasteiger partial charge on any atom is 0.222 e. The molecule has 0 saturated heterocycles. The topological polar surface area (TPSA) is 58.2 Å². The van der Waals surface area contributed by atoms with Crippen molar-refractivity contribution in [3.05, 3.63) is 0 Å². The molecule has 2 N–H and O–H groups in total. The van der Waals surface area contributed by atoms with Crippen molar-refractivity contribution >= 4 is 11.8 Å². The molecule has 0 spiro atoms. The van der Waals surface area contributed by atoms with Gasteiger partial charge >= 0.3 is 0 Å². The third-order valence-electron chi connectivity index (χ3n) is 7.58. The number of hydrogen-bond acceptors (Lipinski definition) is 2. The molecule has 0 aromatic carbocycles. The lowest BCUT2D eigenvalue weighted by Gasteiger charge is -2.13. The van der Waals surface area contributed by atoms with Crippen molar-refractivity contribution in [1.82, 2.24) is 10.6 Å². The van der Waals surface area contributed by atoms with Crippen LogP contribution in [0.2, 0.25) is 0 Å². The average molecular weight is 509 g/mol. The first-order valence-electron chi connectivity index (χ1n) is 16.1. The Kier molecular flexibility index (Phi) is 26.2. The monoisotopic (exact) mass is 508 g/mol. The zero-order chi connectivity index (χ0) is 26.7. The molecular weight excluding hydrogens is 444 g/mol. The summed E-state index contributed by atoms with van der Waals surface area (Å²) in [5.74, 6) is 0.701. The fourth-order valence-electron chi connectivity index (χ4n) is 4.81. The van der Waals surface area contributed by atoms with Gasteiger partial charge in [0.25, 0.3) is 0 Å². The second-order valence-corrected chi connectivity index (χ2v) is 11.3. The summed E-state index contributed by atoms with van der Waals surface area (Å²) in [6.07, 6.45) is 27.3. The molecule has 2 atom stereocenters. The highest BCUT2D eigenvalue weighted by atomic mass is 16.2. The molecule has 0 saturated carbocycles. The van der Waals surface area contributed by atoms with Gasteiger partial charge in [0.2, 0.25) is 11.8 Å². The Morgan fingerprint density at radius 1 is 0.444 bits per heavy atom. The van der Waals surface area contributed by atoms with E-state index in [1.54, 1.807) is 0 Å². The van der Waals surface area contributed by atoms with Crippen LogP contribution in [0.3, 0.4) is 0 Å². The molecule has 0 radical (unpaired) electrons. The Labute approximate surface area is 225 Å². The van der Waals surface area contributed by atoms with Crippen molar-refractivity contribution in [2.24, 2.45) is 11.8 Å². The number of carbonyl (C=O) groups is 2. The van der Waals surface area contributed by atoms with Crippen LogP contribution in [0.15, 0.2) is 0 Å². The van der Waals surface area contributed by atoms with E-state index in [0.29, 0.717) is 0 Å². The van der Waals surface area contributed by atoms with Crippen molar-refractivity contribution in [3.63, 3.8) is 0 Å². The molecule has 0 unspecified atom stereocenters. The molecule has 0 aliphatic rings. The van der Waals surface area contributed by atoms with Crippen molar-refractivity contribution in [2.75, 3.05) is 13.1 Å². The summed E-state index contributed by atoms with van der Waals surface area (Å²) >= 11 is 0. The van der Waals surface area contributed by atoms with Gasteiger partial charge in [-0.3, -0.25) is 9.59 Å². The number of carbonyl (C=O) groups excluding carboxylic acids is 2. The lowest BCUT2D eigenvalue weighted by atomic mass is 10.0. The maximum absolute atomic E-state index is 12.3. The minimum Gasteiger partial charge on any atom is -0.356 e. The first kappa shape index (κ1) is 34.9. The summed E-state index contributed by atoms with van der Waals surface area (Å²) < 4.78 is 0. The summed E-state index contributed by atoms with van der Waals surface area (Å²) in [5.41, 5.74) is 0. The van der Waals surface area contributed by atoms with E-state index in [9.17, 15) is 9.59 Å². The van der Waals surface area contributed by atoms with E-state index in [0.717, 1.165) is 51.6 Å². The van der Waals surface area contributed by atoms with Crippen LogP contribution >= 0.6 is 0 Å². The maximum atomic E-state index is 12.3. The summed E-state index contributed by atoms with van der Waals surface area (Å²) in [4.78, 5) is 24.5. The van der Waals surface area contributed by atoms with Crippen LogP contribution in [0.5, 0.6) is 0 Å². The smallest absolute Gasteiger partial charge is 0.222 e. The average Bonchev–Trinajstić information content (AvgIpc) is 2.88. The second kappa shape index (κ2) is 27.0. The first-order chi connectivity index (χ1) is 17.5. The quantitative estimate of drug-likeness (QED) is 0.109. The number of unbranched alkanes of at least 4 members (excludes halogenated alkanes) is 17. The molecule has 214 valence electrons. The number of amides is 2. The summed E-state index contributed by atoms with van der Waals surface area (Å²) in [5, 5.41) is 6.23. The molecule has 0 aliphatic heterocycles. The van der Waals surface area contributed by atoms with E-state index in [1.807, 2.05) is 0 Å². The second-order valence-electron chi connectivity index (χ2n) is 11.3. The number of rotatable bonds is 27. The van der Waals surface area contributed by atoms with Crippen LogP contribution in [-0.2, 0) is 9.59 Å². The predicted octanol–water partition coefficient (Wildman–Crippen LogP) is 9.11. The number of hydrogen-bond donors (Lipinski definition) is 2. The predicted molar refractivity (Wildman–Crippen MR) is 157 cm³/mol. The van der Waals surface area contributed by atoms with Crippen molar-refractivity contribution in [3.8, 4) is 0 Å². The lowest BCUT2D eigenvalue weighted by Crippen LogP contribution is -2.30. The Balaban J connectivity index is 3.49. The van der Waals surface area contributed by atoms with E-state index >= 15 is 0 Å².